The molecule has 0 bridgehead atoms. The van der Waals surface area contributed by atoms with E-state index >= 15 is 0 Å². The van der Waals surface area contributed by atoms with Crippen molar-refractivity contribution in [3.8, 4) is 0 Å². The van der Waals surface area contributed by atoms with Crippen molar-refractivity contribution in [2.75, 3.05) is 13.2 Å². The van der Waals surface area contributed by atoms with Gasteiger partial charge in [-0.05, 0) is 79.0 Å². The second kappa shape index (κ2) is 17.5. The molecule has 12 nitrogen and oxygen atoms in total. The van der Waals surface area contributed by atoms with Crippen LogP contribution in [0.4, 0.5) is 9.59 Å². The molecule has 3 aromatic carbocycles. The number of ether oxygens (including phenoxy) is 3. The van der Waals surface area contributed by atoms with Gasteiger partial charge in [-0.1, -0.05) is 91.0 Å². The molecular formula is C40H55N5O7. The van der Waals surface area contributed by atoms with E-state index in [1.807, 2.05) is 112 Å². The Morgan fingerprint density at radius 3 is 1.52 bits per heavy atom. The summed E-state index contributed by atoms with van der Waals surface area (Å²) in [4.78, 5) is 53.8. The third-order valence-electron chi connectivity index (χ3n) is 7.39. The zero-order chi connectivity index (χ0) is 38.7. The van der Waals surface area contributed by atoms with E-state index < -0.39 is 64.8 Å². The lowest BCUT2D eigenvalue weighted by Gasteiger charge is -2.37. The summed E-state index contributed by atoms with van der Waals surface area (Å²) in [5.74, 6) is -1.33. The maximum Gasteiger partial charge on any atom is 0.429 e. The molecule has 0 saturated carbocycles. The number of carbonyl (C=O) groups excluding carboxylic acids is 4. The lowest BCUT2D eigenvalue weighted by Crippen LogP contribution is -2.59. The highest BCUT2D eigenvalue weighted by atomic mass is 16.6. The van der Waals surface area contributed by atoms with Gasteiger partial charge in [-0.25, -0.2) is 14.6 Å². The van der Waals surface area contributed by atoms with Gasteiger partial charge in [-0.2, -0.15) is 0 Å². The number of hydrogen-bond donors (Lipinski definition) is 4. The highest BCUT2D eigenvalue weighted by Gasteiger charge is 2.39. The van der Waals surface area contributed by atoms with Crippen LogP contribution >= 0.6 is 0 Å². The van der Waals surface area contributed by atoms with Crippen LogP contribution < -0.4 is 21.8 Å². The van der Waals surface area contributed by atoms with Crippen LogP contribution in [0.1, 0.15) is 85.4 Å². The molecule has 2 atom stereocenters. The van der Waals surface area contributed by atoms with Crippen LogP contribution in [0.15, 0.2) is 91.0 Å². The van der Waals surface area contributed by atoms with Gasteiger partial charge < -0.3 is 30.6 Å². The lowest BCUT2D eigenvalue weighted by atomic mass is 9.77. The summed E-state index contributed by atoms with van der Waals surface area (Å²) < 4.78 is 16.9. The molecule has 1 unspecified atom stereocenters. The number of carbonyl (C=O) groups is 4. The van der Waals surface area contributed by atoms with Crippen molar-refractivity contribution in [1.29, 1.82) is 0 Å². The Hall–Kier alpha value is -4.94. The maximum absolute atomic E-state index is 13.9. The summed E-state index contributed by atoms with van der Waals surface area (Å²) >= 11 is 0. The Morgan fingerprint density at radius 2 is 1.12 bits per heavy atom. The van der Waals surface area contributed by atoms with Crippen LogP contribution in [0.2, 0.25) is 0 Å². The number of hydrogen-bond acceptors (Lipinski definition) is 8. The van der Waals surface area contributed by atoms with Crippen molar-refractivity contribution in [2.24, 2.45) is 5.73 Å². The van der Waals surface area contributed by atoms with Gasteiger partial charge in [0.25, 0.3) is 5.91 Å². The minimum atomic E-state index is -1.38. The first kappa shape index (κ1) is 41.5. The number of nitrogens with two attached hydrogens (primary N) is 1. The van der Waals surface area contributed by atoms with Gasteiger partial charge in [0.1, 0.15) is 16.7 Å². The summed E-state index contributed by atoms with van der Waals surface area (Å²) in [6.07, 6.45) is -2.06. The standard InChI is InChI=1S/C40H55N5O7/c1-37(2,3)50-27-31(42-35(48)51-38(4,5)6)26-45(36(49)52-39(7,8)9)44-34(47)32(41)25-33(46)43-40(28-19-13-10-14-20-28,29-21-15-11-16-22-29)30-23-17-12-18-24-30/h10-24,31-32H,25-27,41H2,1-9H3,(H,42,48)(H,43,46)(H,44,47)/t31-,32?/m1/s1. The number of alkyl carbamates (subject to hydrolysis) is 1. The molecule has 12 heteroatoms. The lowest BCUT2D eigenvalue weighted by molar-refractivity contribution is -0.131. The van der Waals surface area contributed by atoms with Crippen molar-refractivity contribution >= 4 is 24.0 Å². The van der Waals surface area contributed by atoms with Crippen LogP contribution in [-0.2, 0) is 29.3 Å². The quantitative estimate of drug-likeness (QED) is 0.135. The molecule has 0 fully saturated rings. The topological polar surface area (TPSA) is 161 Å². The first-order valence-corrected chi connectivity index (χ1v) is 17.4. The molecule has 0 radical (unpaired) electrons. The Bertz CT molecular complexity index is 1520. The van der Waals surface area contributed by atoms with Gasteiger partial charge >= 0.3 is 12.2 Å². The van der Waals surface area contributed by atoms with Crippen LogP contribution in [0.3, 0.4) is 0 Å². The fourth-order valence-electron chi connectivity index (χ4n) is 5.22. The van der Waals surface area contributed by atoms with Gasteiger partial charge in [0.2, 0.25) is 5.91 Å². The number of hydrazine groups is 1. The minimum Gasteiger partial charge on any atom is -0.444 e. The average Bonchev–Trinajstić information content (AvgIpc) is 3.05. The molecule has 0 spiro atoms. The third-order valence-corrected chi connectivity index (χ3v) is 7.39. The molecule has 0 aliphatic rings. The van der Waals surface area contributed by atoms with Gasteiger partial charge in [0.05, 0.1) is 37.3 Å². The fourth-order valence-corrected chi connectivity index (χ4v) is 5.22. The predicted octanol–water partition coefficient (Wildman–Crippen LogP) is 5.79. The number of nitrogens with zero attached hydrogens (tertiary/aromatic N) is 1. The van der Waals surface area contributed by atoms with Gasteiger partial charge in [0, 0.05) is 0 Å². The molecule has 3 rings (SSSR count). The fraction of sp³-hybridized carbons (Fsp3) is 0.450. The molecule has 3 aromatic rings. The predicted molar refractivity (Wildman–Crippen MR) is 200 cm³/mol. The monoisotopic (exact) mass is 717 g/mol. The smallest absolute Gasteiger partial charge is 0.429 e. The van der Waals surface area contributed by atoms with E-state index in [1.165, 1.54) is 0 Å². The Labute approximate surface area is 307 Å². The van der Waals surface area contributed by atoms with Crippen molar-refractivity contribution in [3.05, 3.63) is 108 Å². The van der Waals surface area contributed by atoms with E-state index in [4.69, 9.17) is 19.9 Å². The molecule has 0 saturated heterocycles. The van der Waals surface area contributed by atoms with Crippen molar-refractivity contribution in [3.63, 3.8) is 0 Å². The highest BCUT2D eigenvalue weighted by Crippen LogP contribution is 2.37. The van der Waals surface area contributed by atoms with E-state index in [-0.39, 0.29) is 13.2 Å². The van der Waals surface area contributed by atoms with E-state index in [2.05, 4.69) is 16.1 Å². The largest absolute Gasteiger partial charge is 0.444 e. The molecule has 0 heterocycles. The van der Waals surface area contributed by atoms with Crippen LogP contribution in [0.5, 0.6) is 0 Å². The van der Waals surface area contributed by atoms with E-state index in [0.29, 0.717) is 0 Å². The summed E-state index contributed by atoms with van der Waals surface area (Å²) in [7, 11) is 0. The molecule has 282 valence electrons. The SMILES string of the molecule is CC(C)(C)OC[C@@H](CN(NC(=O)C(N)CC(=O)NC(c1ccccc1)(c1ccccc1)c1ccccc1)C(=O)OC(C)(C)C)NC(=O)OC(C)(C)C. The van der Waals surface area contributed by atoms with E-state index in [0.717, 1.165) is 21.7 Å². The first-order chi connectivity index (χ1) is 24.2. The Morgan fingerprint density at radius 1 is 0.673 bits per heavy atom. The molecule has 5 N–H and O–H groups in total. The normalized spacial score (nSPS) is 13.3. The van der Waals surface area contributed by atoms with Crippen LogP contribution in [0, 0.1) is 0 Å². The summed E-state index contributed by atoms with van der Waals surface area (Å²) in [5.41, 5.74) is 7.87. The first-order valence-electron chi connectivity index (χ1n) is 17.4. The van der Waals surface area contributed by atoms with Crippen molar-refractivity contribution in [1.82, 2.24) is 21.1 Å². The van der Waals surface area contributed by atoms with Gasteiger partial charge in [0.15, 0.2) is 0 Å². The summed E-state index contributed by atoms with van der Waals surface area (Å²) in [5, 5.41) is 6.83. The van der Waals surface area contributed by atoms with Crippen molar-refractivity contribution in [2.45, 2.75) is 103 Å². The number of benzene rings is 3. The van der Waals surface area contributed by atoms with Crippen LogP contribution in [0.25, 0.3) is 0 Å². The molecule has 52 heavy (non-hydrogen) atoms. The molecule has 4 amide bonds. The third kappa shape index (κ3) is 13.0. The summed E-state index contributed by atoms with van der Waals surface area (Å²) in [6, 6.07) is 26.4. The molecular weight excluding hydrogens is 662 g/mol. The van der Waals surface area contributed by atoms with Gasteiger partial charge in [-0.15, -0.1) is 0 Å². The zero-order valence-corrected chi connectivity index (χ0v) is 31.8. The summed E-state index contributed by atoms with van der Waals surface area (Å²) in [6.45, 7) is 15.4. The number of rotatable bonds is 12. The van der Waals surface area contributed by atoms with Gasteiger partial charge in [-0.3, -0.25) is 15.0 Å². The second-order valence-electron chi connectivity index (χ2n) is 15.5. The maximum atomic E-state index is 13.9. The number of nitrogens with one attached hydrogen (secondary N) is 3. The Kier molecular flexibility index (Phi) is 14.0. The molecule has 0 aromatic heterocycles. The zero-order valence-electron chi connectivity index (χ0n) is 31.8. The van der Waals surface area contributed by atoms with E-state index in [9.17, 15) is 19.2 Å². The Balaban J connectivity index is 1.89. The van der Waals surface area contributed by atoms with Crippen molar-refractivity contribution < 1.29 is 33.4 Å². The van der Waals surface area contributed by atoms with E-state index in [1.54, 1.807) is 41.5 Å². The molecule has 0 aliphatic carbocycles. The minimum absolute atomic E-state index is 0.0348. The number of amides is 4. The van der Waals surface area contributed by atoms with Crippen LogP contribution in [-0.4, -0.2) is 71.0 Å². The highest BCUT2D eigenvalue weighted by molar-refractivity contribution is 5.89. The molecule has 0 aliphatic heterocycles. The average molecular weight is 718 g/mol. The second-order valence-corrected chi connectivity index (χ2v) is 15.5.